The Morgan fingerprint density at radius 2 is 2.18 bits per heavy atom. The lowest BCUT2D eigenvalue weighted by Gasteiger charge is -2.22. The molecule has 0 saturated heterocycles. The van der Waals surface area contributed by atoms with E-state index in [1.807, 2.05) is 18.2 Å². The molecule has 118 valence electrons. The van der Waals surface area contributed by atoms with Crippen LogP contribution in [0.3, 0.4) is 0 Å². The summed E-state index contributed by atoms with van der Waals surface area (Å²) >= 11 is 0. The zero-order valence-electron chi connectivity index (χ0n) is 13.0. The number of aliphatic hydroxyl groups is 1. The summed E-state index contributed by atoms with van der Waals surface area (Å²) in [6.07, 6.45) is 3.72. The minimum absolute atomic E-state index is 0.0746. The first-order valence-electron chi connectivity index (χ1n) is 7.98. The minimum atomic E-state index is -0.152. The molecule has 5 heteroatoms. The van der Waals surface area contributed by atoms with Gasteiger partial charge in [-0.1, -0.05) is 18.6 Å². The lowest BCUT2D eigenvalue weighted by atomic mass is 10.1. The molecule has 5 nitrogen and oxygen atoms in total. The molecule has 2 aromatic rings. The Labute approximate surface area is 130 Å². The van der Waals surface area contributed by atoms with E-state index in [9.17, 15) is 9.90 Å². The summed E-state index contributed by atoms with van der Waals surface area (Å²) in [5.74, 6) is 1.11. The van der Waals surface area contributed by atoms with E-state index < -0.39 is 0 Å². The van der Waals surface area contributed by atoms with Gasteiger partial charge in [-0.15, -0.1) is 0 Å². The van der Waals surface area contributed by atoms with Crippen molar-refractivity contribution in [3.63, 3.8) is 0 Å². The Morgan fingerprint density at radius 3 is 2.95 bits per heavy atom. The molecule has 0 amide bonds. The molecule has 1 aliphatic carbocycles. The van der Waals surface area contributed by atoms with Crippen molar-refractivity contribution in [2.45, 2.75) is 31.8 Å². The number of hydrogen-bond donors (Lipinski definition) is 2. The first kappa shape index (κ1) is 15.2. The van der Waals surface area contributed by atoms with Gasteiger partial charge >= 0.3 is 0 Å². The zero-order chi connectivity index (χ0) is 15.5. The standard InChI is InChI=1S/C17H23N3O2/c1-20(11-12-5-4-8-15(12)21)10-9-16-18-14-7-3-2-6-13(14)17(22)19-16/h2-3,6-7,12,15,21H,4-5,8-11H2,1H3,(H,18,19,22). The summed E-state index contributed by atoms with van der Waals surface area (Å²) in [7, 11) is 2.06. The molecule has 0 aliphatic heterocycles. The van der Waals surface area contributed by atoms with Crippen LogP contribution in [0.15, 0.2) is 29.1 Å². The predicted octanol–water partition coefficient (Wildman–Crippen LogP) is 1.56. The van der Waals surface area contributed by atoms with Gasteiger partial charge in [0.25, 0.3) is 5.56 Å². The van der Waals surface area contributed by atoms with Crippen LogP contribution < -0.4 is 5.56 Å². The number of aromatic nitrogens is 2. The van der Waals surface area contributed by atoms with Gasteiger partial charge in [-0.2, -0.15) is 0 Å². The van der Waals surface area contributed by atoms with Crippen LogP contribution in [-0.2, 0) is 6.42 Å². The number of rotatable bonds is 5. The SMILES string of the molecule is CN(CCc1nc2ccccc2c(=O)[nH]1)CC1CCCC1O. The smallest absolute Gasteiger partial charge is 0.258 e. The highest BCUT2D eigenvalue weighted by molar-refractivity contribution is 5.77. The number of para-hydroxylation sites is 1. The van der Waals surface area contributed by atoms with Crippen molar-refractivity contribution in [2.75, 3.05) is 20.1 Å². The Bertz CT molecular complexity index is 698. The van der Waals surface area contributed by atoms with E-state index in [4.69, 9.17) is 0 Å². The lowest BCUT2D eigenvalue weighted by molar-refractivity contribution is 0.109. The lowest BCUT2D eigenvalue weighted by Crippen LogP contribution is -2.31. The summed E-state index contributed by atoms with van der Waals surface area (Å²) in [4.78, 5) is 21.6. The Balaban J connectivity index is 1.62. The van der Waals surface area contributed by atoms with Crippen LogP contribution in [0.5, 0.6) is 0 Å². The molecule has 1 aliphatic rings. The number of aromatic amines is 1. The van der Waals surface area contributed by atoms with Crippen molar-refractivity contribution in [1.82, 2.24) is 14.9 Å². The van der Waals surface area contributed by atoms with E-state index >= 15 is 0 Å². The predicted molar refractivity (Wildman–Crippen MR) is 86.9 cm³/mol. The Morgan fingerprint density at radius 1 is 1.36 bits per heavy atom. The molecule has 0 spiro atoms. The molecule has 2 atom stereocenters. The second-order valence-corrected chi connectivity index (χ2v) is 6.30. The van der Waals surface area contributed by atoms with E-state index in [0.717, 1.165) is 43.7 Å². The molecule has 22 heavy (non-hydrogen) atoms. The molecule has 1 heterocycles. The highest BCUT2D eigenvalue weighted by Crippen LogP contribution is 2.25. The van der Waals surface area contributed by atoms with Gasteiger partial charge in [0.2, 0.25) is 0 Å². The van der Waals surface area contributed by atoms with E-state index in [-0.39, 0.29) is 11.7 Å². The third kappa shape index (κ3) is 3.36. The van der Waals surface area contributed by atoms with Gasteiger partial charge in [-0.05, 0) is 37.9 Å². The maximum Gasteiger partial charge on any atom is 0.258 e. The van der Waals surface area contributed by atoms with Crippen LogP contribution in [0.25, 0.3) is 10.9 Å². The topological polar surface area (TPSA) is 69.2 Å². The molecule has 3 rings (SSSR count). The number of aliphatic hydroxyl groups excluding tert-OH is 1. The van der Waals surface area contributed by atoms with Gasteiger partial charge in [-0.3, -0.25) is 4.79 Å². The second-order valence-electron chi connectivity index (χ2n) is 6.30. The normalized spacial score (nSPS) is 21.8. The number of hydrogen-bond acceptors (Lipinski definition) is 4. The fraction of sp³-hybridized carbons (Fsp3) is 0.529. The van der Waals surface area contributed by atoms with Gasteiger partial charge in [0.1, 0.15) is 5.82 Å². The largest absolute Gasteiger partial charge is 0.393 e. The van der Waals surface area contributed by atoms with E-state index in [0.29, 0.717) is 17.7 Å². The first-order chi connectivity index (χ1) is 10.6. The van der Waals surface area contributed by atoms with Crippen LogP contribution in [-0.4, -0.2) is 46.2 Å². The highest BCUT2D eigenvalue weighted by atomic mass is 16.3. The third-order valence-electron chi connectivity index (χ3n) is 4.56. The van der Waals surface area contributed by atoms with Gasteiger partial charge in [0.05, 0.1) is 17.0 Å². The minimum Gasteiger partial charge on any atom is -0.393 e. The van der Waals surface area contributed by atoms with E-state index in [1.54, 1.807) is 6.07 Å². The van der Waals surface area contributed by atoms with Crippen LogP contribution in [0.4, 0.5) is 0 Å². The molecular formula is C17H23N3O2. The van der Waals surface area contributed by atoms with Crippen LogP contribution in [0.1, 0.15) is 25.1 Å². The summed E-state index contributed by atoms with van der Waals surface area (Å²) in [6, 6.07) is 7.40. The van der Waals surface area contributed by atoms with Crippen molar-refractivity contribution < 1.29 is 5.11 Å². The van der Waals surface area contributed by atoms with Gasteiger partial charge in [-0.25, -0.2) is 4.98 Å². The maximum atomic E-state index is 12.0. The maximum absolute atomic E-state index is 12.0. The molecule has 0 radical (unpaired) electrons. The summed E-state index contributed by atoms with van der Waals surface area (Å²) < 4.78 is 0. The molecule has 1 aromatic heterocycles. The number of fused-ring (bicyclic) bond motifs is 1. The summed E-state index contributed by atoms with van der Waals surface area (Å²) in [6.45, 7) is 1.73. The van der Waals surface area contributed by atoms with Crippen LogP contribution >= 0.6 is 0 Å². The summed E-state index contributed by atoms with van der Waals surface area (Å²) in [5.41, 5.74) is 0.671. The van der Waals surface area contributed by atoms with Crippen molar-refractivity contribution >= 4 is 10.9 Å². The summed E-state index contributed by atoms with van der Waals surface area (Å²) in [5, 5.41) is 10.5. The van der Waals surface area contributed by atoms with Gasteiger partial charge in [0.15, 0.2) is 0 Å². The molecule has 2 N–H and O–H groups in total. The number of nitrogens with zero attached hydrogens (tertiary/aromatic N) is 2. The quantitative estimate of drug-likeness (QED) is 0.879. The number of H-pyrrole nitrogens is 1. The Hall–Kier alpha value is -1.72. The zero-order valence-corrected chi connectivity index (χ0v) is 13.0. The second kappa shape index (κ2) is 6.58. The van der Waals surface area contributed by atoms with Crippen molar-refractivity contribution in [3.05, 3.63) is 40.4 Å². The van der Waals surface area contributed by atoms with Gasteiger partial charge < -0.3 is 15.0 Å². The van der Waals surface area contributed by atoms with E-state index in [1.165, 1.54) is 0 Å². The fourth-order valence-corrected chi connectivity index (χ4v) is 3.27. The molecular weight excluding hydrogens is 278 g/mol. The average molecular weight is 301 g/mol. The van der Waals surface area contributed by atoms with E-state index in [2.05, 4.69) is 21.9 Å². The number of nitrogens with one attached hydrogen (secondary N) is 1. The number of benzene rings is 1. The molecule has 2 unspecified atom stereocenters. The third-order valence-corrected chi connectivity index (χ3v) is 4.56. The molecule has 1 fully saturated rings. The molecule has 0 bridgehead atoms. The van der Waals surface area contributed by atoms with Crippen molar-refractivity contribution in [2.24, 2.45) is 5.92 Å². The Kier molecular flexibility index (Phi) is 4.55. The van der Waals surface area contributed by atoms with Crippen molar-refractivity contribution in [1.29, 1.82) is 0 Å². The van der Waals surface area contributed by atoms with Crippen LogP contribution in [0.2, 0.25) is 0 Å². The number of likely N-dealkylation sites (N-methyl/N-ethyl adjacent to an activating group) is 1. The van der Waals surface area contributed by atoms with Crippen LogP contribution in [0, 0.1) is 5.92 Å². The monoisotopic (exact) mass is 301 g/mol. The van der Waals surface area contributed by atoms with Gasteiger partial charge in [0, 0.05) is 19.5 Å². The average Bonchev–Trinajstić information content (AvgIpc) is 2.90. The first-order valence-corrected chi connectivity index (χ1v) is 7.98. The molecule has 1 saturated carbocycles. The van der Waals surface area contributed by atoms with Crippen molar-refractivity contribution in [3.8, 4) is 0 Å². The highest BCUT2D eigenvalue weighted by Gasteiger charge is 2.25. The molecule has 1 aromatic carbocycles. The fourth-order valence-electron chi connectivity index (χ4n) is 3.27.